The van der Waals surface area contributed by atoms with E-state index in [-0.39, 0.29) is 11.9 Å². The lowest BCUT2D eigenvalue weighted by Crippen LogP contribution is -2.19. The molecule has 0 fully saturated rings. The van der Waals surface area contributed by atoms with E-state index in [2.05, 4.69) is 6.07 Å². The van der Waals surface area contributed by atoms with Crippen molar-refractivity contribution in [3.63, 3.8) is 0 Å². The number of benzene rings is 2. The average molecular weight is 222 g/mol. The molecule has 2 aromatic carbocycles. The van der Waals surface area contributed by atoms with Crippen LogP contribution in [-0.2, 0) is 0 Å². The maximum Gasteiger partial charge on any atom is 0.170 e. The van der Waals surface area contributed by atoms with Crippen LogP contribution in [0.3, 0.4) is 0 Å². The second-order valence-corrected chi connectivity index (χ2v) is 4.53. The molecule has 0 amide bonds. The third kappa shape index (κ3) is 1.12. The Balaban J connectivity index is 2.11. The van der Waals surface area contributed by atoms with Gasteiger partial charge in [-0.2, -0.15) is 0 Å². The maximum atomic E-state index is 12.0. The van der Waals surface area contributed by atoms with Gasteiger partial charge in [0.05, 0.1) is 12.0 Å². The number of hydrogen-bond donors (Lipinski definition) is 0. The van der Waals surface area contributed by atoms with Gasteiger partial charge in [-0.3, -0.25) is 4.79 Å². The molecule has 2 nitrogen and oxygen atoms in total. The second-order valence-electron chi connectivity index (χ2n) is 4.53. The van der Waals surface area contributed by atoms with Crippen LogP contribution in [0.25, 0.3) is 11.1 Å². The summed E-state index contributed by atoms with van der Waals surface area (Å²) in [6, 6.07) is 14.0. The first-order chi connectivity index (χ1) is 8.33. The van der Waals surface area contributed by atoms with Crippen molar-refractivity contribution in [1.29, 1.82) is 0 Å². The van der Waals surface area contributed by atoms with Crippen molar-refractivity contribution < 1.29 is 9.53 Å². The van der Waals surface area contributed by atoms with Gasteiger partial charge >= 0.3 is 0 Å². The molecule has 2 heterocycles. The zero-order chi connectivity index (χ0) is 11.4. The highest BCUT2D eigenvalue weighted by Crippen LogP contribution is 2.43. The maximum absolute atomic E-state index is 12.0. The molecule has 0 saturated heterocycles. The normalized spacial score (nSPS) is 19.5. The Kier molecular flexibility index (Phi) is 1.57. The van der Waals surface area contributed by atoms with Gasteiger partial charge in [0.2, 0.25) is 0 Å². The fourth-order valence-electron chi connectivity index (χ4n) is 2.71. The standard InChI is InChI=1S/C15H10O2/c16-13-8-15-11-4-2-1-3-10(11)9-5-6-12(13)14(7-9)17-15/h1-7,15H,8H2/t15-/m1/s1. The minimum Gasteiger partial charge on any atom is -0.484 e. The van der Waals surface area contributed by atoms with Crippen molar-refractivity contribution in [2.24, 2.45) is 0 Å². The number of fused-ring (bicyclic) bond motifs is 5. The Bertz CT molecular complexity index is 643. The summed E-state index contributed by atoms with van der Waals surface area (Å²) >= 11 is 0. The summed E-state index contributed by atoms with van der Waals surface area (Å²) in [5.41, 5.74) is 4.15. The van der Waals surface area contributed by atoms with Gasteiger partial charge in [-0.15, -0.1) is 0 Å². The van der Waals surface area contributed by atoms with Crippen LogP contribution in [-0.4, -0.2) is 5.78 Å². The molecular weight excluding hydrogens is 212 g/mol. The largest absolute Gasteiger partial charge is 0.484 e. The molecule has 0 aliphatic carbocycles. The van der Waals surface area contributed by atoms with Crippen LogP contribution < -0.4 is 4.74 Å². The van der Waals surface area contributed by atoms with Crippen LogP contribution in [0.4, 0.5) is 0 Å². The van der Waals surface area contributed by atoms with Gasteiger partial charge in [0.15, 0.2) is 5.78 Å². The minimum atomic E-state index is -0.119. The molecule has 0 unspecified atom stereocenters. The van der Waals surface area contributed by atoms with Crippen LogP contribution in [0.15, 0.2) is 42.5 Å². The van der Waals surface area contributed by atoms with Crippen molar-refractivity contribution in [3.05, 3.63) is 53.6 Å². The molecule has 2 aliphatic heterocycles. The van der Waals surface area contributed by atoms with E-state index < -0.39 is 0 Å². The van der Waals surface area contributed by atoms with E-state index in [1.807, 2.05) is 36.4 Å². The molecule has 0 saturated carbocycles. The fourth-order valence-corrected chi connectivity index (χ4v) is 2.71. The fraction of sp³-hybridized carbons (Fsp3) is 0.133. The molecule has 0 radical (unpaired) electrons. The third-order valence-corrected chi connectivity index (χ3v) is 3.54. The molecule has 0 spiro atoms. The predicted molar refractivity (Wildman–Crippen MR) is 64.2 cm³/mol. The van der Waals surface area contributed by atoms with Crippen molar-refractivity contribution >= 4 is 5.78 Å². The number of carbonyl (C=O) groups excluding carboxylic acids is 1. The Morgan fingerprint density at radius 1 is 1.06 bits per heavy atom. The molecule has 0 aromatic heterocycles. The summed E-state index contributed by atoms with van der Waals surface area (Å²) in [7, 11) is 0. The molecule has 2 aromatic rings. The number of hydrogen-bond acceptors (Lipinski definition) is 2. The first-order valence-electron chi connectivity index (χ1n) is 5.76. The Morgan fingerprint density at radius 3 is 2.88 bits per heavy atom. The first-order valence-corrected chi connectivity index (χ1v) is 5.76. The number of carbonyl (C=O) groups is 1. The van der Waals surface area contributed by atoms with Crippen LogP contribution >= 0.6 is 0 Å². The molecule has 1 atom stereocenters. The highest BCUT2D eigenvalue weighted by Gasteiger charge is 2.31. The second kappa shape index (κ2) is 2.98. The van der Waals surface area contributed by atoms with E-state index in [0.717, 1.165) is 22.4 Å². The lowest BCUT2D eigenvalue weighted by Gasteiger charge is -2.23. The minimum absolute atomic E-state index is 0.119. The number of Topliss-reactive ketones (excluding diaryl/α,β-unsaturated/α-hetero) is 1. The number of rotatable bonds is 0. The van der Waals surface area contributed by atoms with Crippen LogP contribution in [0, 0.1) is 0 Å². The van der Waals surface area contributed by atoms with Gasteiger partial charge in [-0.05, 0) is 23.3 Å². The van der Waals surface area contributed by atoms with Crippen molar-refractivity contribution in [1.82, 2.24) is 0 Å². The summed E-state index contributed by atoms with van der Waals surface area (Å²) in [5.74, 6) is 0.916. The number of ketones is 1. The average Bonchev–Trinajstić information content (AvgIpc) is 2.41. The Labute approximate surface area is 98.8 Å². The summed E-state index contributed by atoms with van der Waals surface area (Å²) in [5, 5.41) is 0. The van der Waals surface area contributed by atoms with Crippen molar-refractivity contribution in [3.8, 4) is 16.9 Å². The first kappa shape index (κ1) is 8.99. The molecular formula is C15H10O2. The topological polar surface area (TPSA) is 26.3 Å². The summed E-state index contributed by atoms with van der Waals surface area (Å²) in [4.78, 5) is 12.0. The van der Waals surface area contributed by atoms with E-state index in [1.165, 1.54) is 5.56 Å². The van der Waals surface area contributed by atoms with Crippen LogP contribution in [0.2, 0.25) is 0 Å². The monoisotopic (exact) mass is 222 g/mol. The third-order valence-electron chi connectivity index (χ3n) is 3.54. The smallest absolute Gasteiger partial charge is 0.170 e. The molecule has 2 aliphatic rings. The van der Waals surface area contributed by atoms with Gasteiger partial charge in [-0.1, -0.05) is 30.3 Å². The molecule has 17 heavy (non-hydrogen) atoms. The zero-order valence-corrected chi connectivity index (χ0v) is 9.14. The molecule has 3 bridgehead atoms. The van der Waals surface area contributed by atoms with Gasteiger partial charge in [0.1, 0.15) is 11.9 Å². The van der Waals surface area contributed by atoms with E-state index in [0.29, 0.717) is 6.42 Å². The van der Waals surface area contributed by atoms with Gasteiger partial charge in [0.25, 0.3) is 0 Å². The summed E-state index contributed by atoms with van der Waals surface area (Å²) < 4.78 is 5.91. The highest BCUT2D eigenvalue weighted by molar-refractivity contribution is 6.01. The molecule has 82 valence electrons. The predicted octanol–water partition coefficient (Wildman–Crippen LogP) is 3.37. The Morgan fingerprint density at radius 2 is 1.94 bits per heavy atom. The zero-order valence-electron chi connectivity index (χ0n) is 9.14. The van der Waals surface area contributed by atoms with Gasteiger partial charge in [-0.25, -0.2) is 0 Å². The van der Waals surface area contributed by atoms with Crippen LogP contribution in [0.5, 0.6) is 5.75 Å². The molecule has 4 rings (SSSR count). The highest BCUT2D eigenvalue weighted by atomic mass is 16.5. The van der Waals surface area contributed by atoms with Crippen LogP contribution in [0.1, 0.15) is 28.4 Å². The van der Waals surface area contributed by atoms with Gasteiger partial charge in [0, 0.05) is 5.56 Å². The molecule has 2 heteroatoms. The van der Waals surface area contributed by atoms with Crippen molar-refractivity contribution in [2.45, 2.75) is 12.5 Å². The van der Waals surface area contributed by atoms with Gasteiger partial charge < -0.3 is 4.74 Å². The van der Waals surface area contributed by atoms with Crippen molar-refractivity contribution in [2.75, 3.05) is 0 Å². The lowest BCUT2D eigenvalue weighted by molar-refractivity contribution is 0.0853. The lowest BCUT2D eigenvalue weighted by atomic mass is 9.96. The van der Waals surface area contributed by atoms with E-state index >= 15 is 0 Å². The quantitative estimate of drug-likeness (QED) is 0.683. The summed E-state index contributed by atoms with van der Waals surface area (Å²) in [6.07, 6.45) is 0.326. The Hall–Kier alpha value is -2.09. The van der Waals surface area contributed by atoms with E-state index in [4.69, 9.17) is 4.74 Å². The SMILES string of the molecule is O=C1C[C@H]2Oc3cc(ccc31)-c1ccccc12. The van der Waals surface area contributed by atoms with E-state index in [9.17, 15) is 4.79 Å². The van der Waals surface area contributed by atoms with E-state index in [1.54, 1.807) is 0 Å². The molecule has 0 N–H and O–H groups in total. The summed E-state index contributed by atoms with van der Waals surface area (Å²) in [6.45, 7) is 0. The number of ether oxygens (including phenoxy) is 1.